The Bertz CT molecular complexity index is 546. The van der Waals surface area contributed by atoms with Crippen molar-refractivity contribution in [3.63, 3.8) is 0 Å². The molecule has 0 atom stereocenters. The molecule has 0 saturated heterocycles. The predicted molar refractivity (Wildman–Crippen MR) is 59.3 cm³/mol. The molecule has 9 heteroatoms. The highest BCUT2D eigenvalue weighted by molar-refractivity contribution is 5.75. The fourth-order valence-corrected chi connectivity index (χ4v) is 1.31. The maximum absolute atomic E-state index is 11.5. The summed E-state index contributed by atoms with van der Waals surface area (Å²) in [7, 11) is 0. The Morgan fingerprint density at radius 3 is 3.06 bits per heavy atom. The smallest absolute Gasteiger partial charge is 0.358 e. The Morgan fingerprint density at radius 2 is 2.44 bits per heavy atom. The van der Waals surface area contributed by atoms with E-state index in [-0.39, 0.29) is 18.3 Å². The lowest BCUT2D eigenvalue weighted by Crippen LogP contribution is -2.27. The van der Waals surface area contributed by atoms with E-state index in [1.165, 1.54) is 16.9 Å². The third-order valence-corrected chi connectivity index (χ3v) is 2.16. The molecule has 2 rings (SSSR count). The van der Waals surface area contributed by atoms with Gasteiger partial charge in [-0.1, -0.05) is 0 Å². The van der Waals surface area contributed by atoms with Crippen molar-refractivity contribution in [3.05, 3.63) is 40.3 Å². The summed E-state index contributed by atoms with van der Waals surface area (Å²) in [4.78, 5) is 21.3. The monoisotopic (exact) mass is 250 g/mol. The third-order valence-electron chi connectivity index (χ3n) is 2.16. The highest BCUT2D eigenvalue weighted by atomic mass is 16.6. The fourth-order valence-electron chi connectivity index (χ4n) is 1.31. The van der Waals surface area contributed by atoms with E-state index in [0.29, 0.717) is 6.54 Å². The summed E-state index contributed by atoms with van der Waals surface area (Å²) < 4.78 is 1.21. The SMILES string of the molecule is O=C(Cn1ccc([N+](=O)[O-])n1)NCc1cn[nH]c1. The summed E-state index contributed by atoms with van der Waals surface area (Å²) in [5.41, 5.74) is 0.842. The molecule has 0 bridgehead atoms. The van der Waals surface area contributed by atoms with E-state index in [1.54, 1.807) is 12.4 Å². The van der Waals surface area contributed by atoms with Crippen molar-refractivity contribution in [3.8, 4) is 0 Å². The zero-order valence-electron chi connectivity index (χ0n) is 9.24. The molecule has 0 aromatic carbocycles. The van der Waals surface area contributed by atoms with Gasteiger partial charge in [-0.15, -0.1) is 0 Å². The topological polar surface area (TPSA) is 119 Å². The van der Waals surface area contributed by atoms with Crippen LogP contribution in [0.4, 0.5) is 5.82 Å². The molecule has 94 valence electrons. The van der Waals surface area contributed by atoms with Gasteiger partial charge >= 0.3 is 5.82 Å². The Balaban J connectivity index is 1.85. The van der Waals surface area contributed by atoms with Crippen molar-refractivity contribution < 1.29 is 9.72 Å². The average molecular weight is 250 g/mol. The van der Waals surface area contributed by atoms with Crippen LogP contribution in [0, 0.1) is 10.1 Å². The van der Waals surface area contributed by atoms with Crippen LogP contribution in [-0.4, -0.2) is 30.8 Å². The standard InChI is InChI=1S/C9H10N6O3/c16-9(10-3-7-4-11-12-5-7)6-14-2-1-8(13-14)15(17)18/h1-2,4-5H,3,6H2,(H,10,16)(H,11,12). The zero-order chi connectivity index (χ0) is 13.0. The minimum Gasteiger partial charge on any atom is -0.358 e. The third kappa shape index (κ3) is 2.90. The maximum atomic E-state index is 11.5. The first-order chi connectivity index (χ1) is 8.65. The summed E-state index contributed by atoms with van der Waals surface area (Å²) in [5.74, 6) is -0.563. The molecular weight excluding hydrogens is 240 g/mol. The number of nitrogens with one attached hydrogen (secondary N) is 2. The van der Waals surface area contributed by atoms with Gasteiger partial charge in [0.25, 0.3) is 0 Å². The van der Waals surface area contributed by atoms with Crippen LogP contribution in [0.15, 0.2) is 24.7 Å². The maximum Gasteiger partial charge on any atom is 0.389 e. The number of hydrogen-bond donors (Lipinski definition) is 2. The fraction of sp³-hybridized carbons (Fsp3) is 0.222. The molecule has 9 nitrogen and oxygen atoms in total. The number of amides is 1. The molecule has 0 radical (unpaired) electrons. The van der Waals surface area contributed by atoms with Crippen molar-refractivity contribution in [2.24, 2.45) is 0 Å². The van der Waals surface area contributed by atoms with Gasteiger partial charge in [0.1, 0.15) is 6.54 Å². The summed E-state index contributed by atoms with van der Waals surface area (Å²) in [6.45, 7) is 0.282. The summed E-state index contributed by atoms with van der Waals surface area (Å²) in [6, 6.07) is 1.24. The van der Waals surface area contributed by atoms with Crippen molar-refractivity contribution in [1.82, 2.24) is 25.3 Å². The van der Waals surface area contributed by atoms with Crippen LogP contribution in [0.3, 0.4) is 0 Å². The zero-order valence-corrected chi connectivity index (χ0v) is 9.24. The second-order valence-electron chi connectivity index (χ2n) is 3.51. The molecule has 2 aromatic rings. The highest BCUT2D eigenvalue weighted by Crippen LogP contribution is 2.04. The summed E-state index contributed by atoms with van der Waals surface area (Å²) in [5, 5.41) is 23.0. The normalized spacial score (nSPS) is 10.2. The van der Waals surface area contributed by atoms with E-state index >= 15 is 0 Å². The number of aromatic nitrogens is 4. The van der Waals surface area contributed by atoms with Gasteiger partial charge in [0.2, 0.25) is 5.91 Å². The number of H-pyrrole nitrogens is 1. The minimum absolute atomic E-state index is 0.0638. The van der Waals surface area contributed by atoms with E-state index in [1.807, 2.05) is 0 Å². The van der Waals surface area contributed by atoms with Crippen LogP contribution in [0.2, 0.25) is 0 Å². The predicted octanol–water partition coefficient (Wildman–Crippen LogP) is -0.169. The molecule has 0 unspecified atom stereocenters. The molecule has 0 spiro atoms. The van der Waals surface area contributed by atoms with Gasteiger partial charge in [0, 0.05) is 18.3 Å². The number of rotatable bonds is 5. The van der Waals surface area contributed by atoms with E-state index < -0.39 is 4.92 Å². The van der Waals surface area contributed by atoms with Crippen molar-refractivity contribution in [1.29, 1.82) is 0 Å². The Morgan fingerprint density at radius 1 is 1.61 bits per heavy atom. The van der Waals surface area contributed by atoms with Gasteiger partial charge in [-0.05, 0) is 4.92 Å². The largest absolute Gasteiger partial charge is 0.389 e. The molecule has 2 heterocycles. The van der Waals surface area contributed by atoms with Crippen molar-refractivity contribution in [2.45, 2.75) is 13.1 Å². The van der Waals surface area contributed by atoms with Crippen LogP contribution >= 0.6 is 0 Å². The van der Waals surface area contributed by atoms with Crippen molar-refractivity contribution in [2.75, 3.05) is 0 Å². The van der Waals surface area contributed by atoms with Crippen LogP contribution in [-0.2, 0) is 17.9 Å². The number of carbonyl (C=O) groups excluding carboxylic acids is 1. The molecule has 0 aliphatic carbocycles. The van der Waals surface area contributed by atoms with Gasteiger partial charge in [0.05, 0.1) is 23.6 Å². The number of nitro groups is 1. The Hall–Kier alpha value is -2.71. The van der Waals surface area contributed by atoms with E-state index in [4.69, 9.17) is 0 Å². The molecule has 0 aliphatic rings. The van der Waals surface area contributed by atoms with Crippen LogP contribution in [0.5, 0.6) is 0 Å². The lowest BCUT2D eigenvalue weighted by atomic mass is 10.3. The molecule has 0 aliphatic heterocycles. The minimum atomic E-state index is -0.611. The average Bonchev–Trinajstić information content (AvgIpc) is 2.96. The van der Waals surface area contributed by atoms with Crippen LogP contribution in [0.25, 0.3) is 0 Å². The summed E-state index contributed by atoms with van der Waals surface area (Å²) in [6.07, 6.45) is 4.65. The number of carbonyl (C=O) groups is 1. The first kappa shape index (κ1) is 11.8. The lowest BCUT2D eigenvalue weighted by Gasteiger charge is -2.01. The van der Waals surface area contributed by atoms with Gasteiger partial charge in [-0.3, -0.25) is 9.89 Å². The summed E-state index contributed by atoms with van der Waals surface area (Å²) >= 11 is 0. The van der Waals surface area contributed by atoms with Gasteiger partial charge < -0.3 is 15.4 Å². The van der Waals surface area contributed by atoms with Gasteiger partial charge in [0.15, 0.2) is 0 Å². The quantitative estimate of drug-likeness (QED) is 0.564. The first-order valence-corrected chi connectivity index (χ1v) is 5.07. The molecule has 2 aromatic heterocycles. The first-order valence-electron chi connectivity index (χ1n) is 5.07. The second-order valence-corrected chi connectivity index (χ2v) is 3.51. The lowest BCUT2D eigenvalue weighted by molar-refractivity contribution is -0.389. The van der Waals surface area contributed by atoms with E-state index in [9.17, 15) is 14.9 Å². The molecule has 0 fully saturated rings. The van der Waals surface area contributed by atoms with Crippen LogP contribution < -0.4 is 5.32 Å². The van der Waals surface area contributed by atoms with Crippen LogP contribution in [0.1, 0.15) is 5.56 Å². The van der Waals surface area contributed by atoms with Crippen molar-refractivity contribution >= 4 is 11.7 Å². The van der Waals surface area contributed by atoms with E-state index in [0.717, 1.165) is 5.56 Å². The molecule has 1 amide bonds. The van der Waals surface area contributed by atoms with E-state index in [2.05, 4.69) is 20.6 Å². The van der Waals surface area contributed by atoms with Gasteiger partial charge in [-0.2, -0.15) is 9.78 Å². The Kier molecular flexibility index (Phi) is 3.32. The Labute approximate surface area is 101 Å². The molecule has 18 heavy (non-hydrogen) atoms. The number of aromatic amines is 1. The van der Waals surface area contributed by atoms with Gasteiger partial charge in [-0.25, -0.2) is 0 Å². The second kappa shape index (κ2) is 5.08. The number of hydrogen-bond acceptors (Lipinski definition) is 5. The molecule has 0 saturated carbocycles. The molecular formula is C9H10N6O3. The highest BCUT2D eigenvalue weighted by Gasteiger charge is 2.13. The molecule has 2 N–H and O–H groups in total. The number of nitrogens with zero attached hydrogens (tertiary/aromatic N) is 4.